The summed E-state index contributed by atoms with van der Waals surface area (Å²) in [5.74, 6) is 0. The van der Waals surface area contributed by atoms with Gasteiger partial charge in [-0.1, -0.05) is 42.5 Å². The van der Waals surface area contributed by atoms with Gasteiger partial charge in [-0.2, -0.15) is 0 Å². The minimum absolute atomic E-state index is 0.451. The number of rotatable bonds is 5. The van der Waals surface area contributed by atoms with Crippen LogP contribution in [0.5, 0.6) is 0 Å². The van der Waals surface area contributed by atoms with Crippen LogP contribution < -0.4 is 10.6 Å². The van der Waals surface area contributed by atoms with Gasteiger partial charge in [0.2, 0.25) is 0 Å². The molecule has 0 saturated heterocycles. The summed E-state index contributed by atoms with van der Waals surface area (Å²) in [5.41, 5.74) is 10.6. The smallest absolute Gasteiger partial charge is 0.107 e. The van der Waals surface area contributed by atoms with Crippen molar-refractivity contribution >= 4 is 34.7 Å². The summed E-state index contributed by atoms with van der Waals surface area (Å²) in [5, 5.41) is 0. The molecule has 0 radical (unpaired) electrons. The first kappa shape index (κ1) is 15.9. The van der Waals surface area contributed by atoms with Gasteiger partial charge in [-0.25, -0.2) is 0 Å². The quantitative estimate of drug-likeness (QED) is 0.667. The van der Waals surface area contributed by atoms with E-state index in [1.165, 1.54) is 11.1 Å². The lowest BCUT2D eigenvalue weighted by Gasteiger charge is -2.24. The molecule has 2 aromatic rings. The van der Waals surface area contributed by atoms with Gasteiger partial charge in [0.25, 0.3) is 0 Å². The van der Waals surface area contributed by atoms with Gasteiger partial charge < -0.3 is 10.6 Å². The lowest BCUT2D eigenvalue weighted by molar-refractivity contribution is 0.910. The Balaban J connectivity index is 2.37. The molecule has 21 heavy (non-hydrogen) atoms. The van der Waals surface area contributed by atoms with Crippen LogP contribution in [0.3, 0.4) is 0 Å². The summed E-state index contributed by atoms with van der Waals surface area (Å²) < 4.78 is 0. The zero-order chi connectivity index (χ0) is 15.4. The Morgan fingerprint density at radius 2 is 1.90 bits per heavy atom. The lowest BCUT2D eigenvalue weighted by atomic mass is 10.1. The van der Waals surface area contributed by atoms with Crippen molar-refractivity contribution in [1.82, 2.24) is 0 Å². The van der Waals surface area contributed by atoms with Crippen molar-refractivity contribution in [3.05, 3.63) is 59.2 Å². The van der Waals surface area contributed by atoms with Gasteiger partial charge in [0.1, 0.15) is 4.99 Å². The van der Waals surface area contributed by atoms with Crippen molar-refractivity contribution < 1.29 is 0 Å². The van der Waals surface area contributed by atoms with E-state index in [-0.39, 0.29) is 0 Å². The van der Waals surface area contributed by atoms with E-state index in [2.05, 4.69) is 61.3 Å². The van der Waals surface area contributed by atoms with E-state index >= 15 is 0 Å². The van der Waals surface area contributed by atoms with Crippen LogP contribution in [0.2, 0.25) is 0 Å². The van der Waals surface area contributed by atoms with Crippen LogP contribution in [0.1, 0.15) is 16.7 Å². The normalized spacial score (nSPS) is 10.4. The van der Waals surface area contributed by atoms with Gasteiger partial charge in [0.15, 0.2) is 0 Å². The first-order valence-corrected chi connectivity index (χ1v) is 8.40. The van der Waals surface area contributed by atoms with Gasteiger partial charge in [-0.15, -0.1) is 11.8 Å². The maximum absolute atomic E-state index is 5.94. The molecule has 0 spiro atoms. The van der Waals surface area contributed by atoms with Gasteiger partial charge in [0.05, 0.1) is 0 Å². The fraction of sp³-hybridized carbons (Fsp3) is 0.235. The standard InChI is InChI=1S/C17H20N2S2/c1-12-7-4-5-8-13(12)11-19(2)14-9-6-10-15(21-3)16(14)17(18)20/h4-10H,11H2,1-3H3,(H2,18,20). The minimum Gasteiger partial charge on any atom is -0.389 e. The molecule has 2 rings (SSSR count). The number of thioether (sulfide) groups is 1. The van der Waals surface area contributed by atoms with E-state index in [0.717, 1.165) is 22.7 Å². The molecular formula is C17H20N2S2. The molecule has 0 aromatic heterocycles. The predicted molar refractivity (Wildman–Crippen MR) is 97.4 cm³/mol. The molecule has 2 nitrogen and oxygen atoms in total. The Labute approximate surface area is 136 Å². The fourth-order valence-corrected chi connectivity index (χ4v) is 3.30. The number of anilines is 1. The number of hydrogen-bond acceptors (Lipinski definition) is 3. The third kappa shape index (κ3) is 3.57. The summed E-state index contributed by atoms with van der Waals surface area (Å²) in [7, 11) is 2.08. The molecule has 4 heteroatoms. The van der Waals surface area contributed by atoms with Crippen molar-refractivity contribution in [2.75, 3.05) is 18.2 Å². The highest BCUT2D eigenvalue weighted by atomic mass is 32.2. The van der Waals surface area contributed by atoms with Crippen LogP contribution in [0, 0.1) is 6.92 Å². The van der Waals surface area contributed by atoms with Crippen LogP contribution in [-0.4, -0.2) is 18.3 Å². The van der Waals surface area contributed by atoms with Crippen molar-refractivity contribution in [3.8, 4) is 0 Å². The summed E-state index contributed by atoms with van der Waals surface area (Å²) in [6.07, 6.45) is 2.04. The molecule has 0 heterocycles. The topological polar surface area (TPSA) is 29.3 Å². The van der Waals surface area contributed by atoms with E-state index in [1.54, 1.807) is 11.8 Å². The second-order valence-corrected chi connectivity index (χ2v) is 6.29. The molecule has 0 atom stereocenters. The van der Waals surface area contributed by atoms with Crippen LogP contribution in [0.25, 0.3) is 0 Å². The minimum atomic E-state index is 0.451. The molecule has 0 aliphatic rings. The van der Waals surface area contributed by atoms with Crippen molar-refractivity contribution in [2.45, 2.75) is 18.4 Å². The van der Waals surface area contributed by atoms with Crippen LogP contribution in [0.15, 0.2) is 47.4 Å². The SMILES string of the molecule is CSc1cccc(N(C)Cc2ccccc2C)c1C(N)=S. The molecule has 0 saturated carbocycles. The van der Waals surface area contributed by atoms with Crippen LogP contribution in [0.4, 0.5) is 5.69 Å². The molecule has 0 unspecified atom stereocenters. The molecule has 110 valence electrons. The van der Waals surface area contributed by atoms with E-state index in [4.69, 9.17) is 18.0 Å². The molecular weight excluding hydrogens is 296 g/mol. The zero-order valence-electron chi connectivity index (χ0n) is 12.6. The van der Waals surface area contributed by atoms with Gasteiger partial charge >= 0.3 is 0 Å². The van der Waals surface area contributed by atoms with Crippen LogP contribution >= 0.6 is 24.0 Å². The Hall–Kier alpha value is -1.52. The average molecular weight is 316 g/mol. The van der Waals surface area contributed by atoms with E-state index < -0.39 is 0 Å². The lowest BCUT2D eigenvalue weighted by Crippen LogP contribution is -2.22. The molecule has 2 aromatic carbocycles. The van der Waals surface area contributed by atoms with E-state index in [9.17, 15) is 0 Å². The third-order valence-electron chi connectivity index (χ3n) is 3.55. The van der Waals surface area contributed by atoms with Gasteiger partial charge in [-0.05, 0) is 36.4 Å². The molecule has 0 aliphatic carbocycles. The second kappa shape index (κ2) is 6.96. The molecule has 2 N–H and O–H groups in total. The average Bonchev–Trinajstić information content (AvgIpc) is 2.48. The van der Waals surface area contributed by atoms with Gasteiger partial charge in [0, 0.05) is 29.7 Å². The first-order valence-electron chi connectivity index (χ1n) is 6.77. The number of aryl methyl sites for hydroxylation is 1. The second-order valence-electron chi connectivity index (χ2n) is 5.00. The molecule has 0 amide bonds. The fourth-order valence-electron chi connectivity index (χ4n) is 2.38. The monoisotopic (exact) mass is 316 g/mol. The summed E-state index contributed by atoms with van der Waals surface area (Å²) in [4.78, 5) is 3.78. The van der Waals surface area contributed by atoms with E-state index in [1.807, 2.05) is 6.26 Å². The van der Waals surface area contributed by atoms with Crippen molar-refractivity contribution in [1.29, 1.82) is 0 Å². The Morgan fingerprint density at radius 3 is 2.52 bits per heavy atom. The highest BCUT2D eigenvalue weighted by molar-refractivity contribution is 7.98. The maximum atomic E-state index is 5.94. The Kier molecular flexibility index (Phi) is 5.26. The maximum Gasteiger partial charge on any atom is 0.107 e. The van der Waals surface area contributed by atoms with Crippen LogP contribution in [-0.2, 0) is 6.54 Å². The number of benzene rings is 2. The van der Waals surface area contributed by atoms with Crippen molar-refractivity contribution in [2.24, 2.45) is 5.73 Å². The zero-order valence-corrected chi connectivity index (χ0v) is 14.2. The summed E-state index contributed by atoms with van der Waals surface area (Å²) in [6, 6.07) is 14.6. The van der Waals surface area contributed by atoms with Gasteiger partial charge in [-0.3, -0.25) is 0 Å². The molecule has 0 aliphatic heterocycles. The van der Waals surface area contributed by atoms with E-state index in [0.29, 0.717) is 4.99 Å². The highest BCUT2D eigenvalue weighted by Gasteiger charge is 2.14. The third-order valence-corrected chi connectivity index (χ3v) is 4.53. The number of thiocarbonyl (C=S) groups is 1. The number of nitrogens with zero attached hydrogens (tertiary/aromatic N) is 1. The summed E-state index contributed by atoms with van der Waals surface area (Å²) in [6.45, 7) is 2.97. The Bertz CT molecular complexity index is 653. The Morgan fingerprint density at radius 1 is 1.19 bits per heavy atom. The largest absolute Gasteiger partial charge is 0.389 e. The first-order chi connectivity index (χ1) is 10.0. The van der Waals surface area contributed by atoms with Crippen molar-refractivity contribution in [3.63, 3.8) is 0 Å². The summed E-state index contributed by atoms with van der Waals surface area (Å²) >= 11 is 6.92. The molecule has 0 bridgehead atoms. The highest BCUT2D eigenvalue weighted by Crippen LogP contribution is 2.30. The predicted octanol–water partition coefficient (Wildman–Crippen LogP) is 3.99. The molecule has 0 fully saturated rings. The number of hydrogen-bond donors (Lipinski definition) is 1. The number of nitrogens with two attached hydrogens (primary N) is 1.